The molecule has 17 nitrogen and oxygen atoms in total. The van der Waals surface area contributed by atoms with Crippen LogP contribution in [0.4, 0.5) is 5.13 Å². The number of anilines is 1. The molecule has 3 aliphatic heterocycles. The highest BCUT2D eigenvalue weighted by Crippen LogP contribution is 2.40. The molecule has 0 radical (unpaired) electrons. The number of carbonyl (C=O) groups is 4. The quantitative estimate of drug-likeness (QED) is 0.0725. The molecule has 0 bridgehead atoms. The zero-order chi connectivity index (χ0) is 33.1. The van der Waals surface area contributed by atoms with E-state index in [9.17, 15) is 39.6 Å². The van der Waals surface area contributed by atoms with Gasteiger partial charge < -0.3 is 46.9 Å². The lowest BCUT2D eigenvalue weighted by Crippen LogP contribution is -2.71. The van der Waals surface area contributed by atoms with E-state index in [-0.39, 0.29) is 27.8 Å². The molecule has 2 amide bonds. The first kappa shape index (κ1) is 31.9. The number of nitrogens with one attached hydrogen (secondary N) is 1. The van der Waals surface area contributed by atoms with Gasteiger partial charge in [0.05, 0.1) is 6.34 Å². The molecule has 2 unspecified atom stereocenters. The minimum absolute atomic E-state index is 0.0625. The monoisotopic (exact) mass is 670 g/mol. The lowest BCUT2D eigenvalue weighted by atomic mass is 10.0. The second-order valence-electron chi connectivity index (χ2n) is 9.85. The molecule has 5 rings (SSSR count). The number of aromatic nitrogens is 1. The number of aliphatic carboxylic acids is 2. The van der Waals surface area contributed by atoms with E-state index in [2.05, 4.69) is 20.4 Å². The van der Waals surface area contributed by atoms with E-state index in [1.807, 2.05) is 4.90 Å². The summed E-state index contributed by atoms with van der Waals surface area (Å²) in [6.07, 6.45) is 4.87. The Morgan fingerprint density at radius 1 is 1.22 bits per heavy atom. The summed E-state index contributed by atoms with van der Waals surface area (Å²) in [5.74, 6) is -4.95. The predicted octanol–water partition coefficient (Wildman–Crippen LogP) is 0.122. The summed E-state index contributed by atoms with van der Waals surface area (Å²) in [6, 6.07) is 2.04. The number of carbonyl (C=O) groups excluding carboxylic acids is 2. The Bertz CT molecular complexity index is 1750. The van der Waals surface area contributed by atoms with Crippen LogP contribution >= 0.6 is 23.1 Å². The van der Waals surface area contributed by atoms with Crippen LogP contribution in [0.25, 0.3) is 0 Å². The van der Waals surface area contributed by atoms with Gasteiger partial charge in [-0.15, -0.1) is 23.1 Å². The molecule has 19 heteroatoms. The average molecular weight is 671 g/mol. The van der Waals surface area contributed by atoms with Gasteiger partial charge in [-0.05, 0) is 23.8 Å². The number of nitrogen functional groups attached to an aromatic ring is 1. The summed E-state index contributed by atoms with van der Waals surface area (Å²) in [6.45, 7) is 0.959. The van der Waals surface area contributed by atoms with Crippen LogP contribution in [-0.2, 0) is 24.0 Å². The Hall–Kier alpha value is -5.56. The number of aliphatic imine (C=N–C) groups is 1. The second kappa shape index (κ2) is 13.2. The highest BCUT2D eigenvalue weighted by molar-refractivity contribution is 8.00. The number of nitrogens with zero attached hydrogens (tertiary/aromatic N) is 5. The van der Waals surface area contributed by atoms with Crippen molar-refractivity contribution in [3.63, 3.8) is 0 Å². The Morgan fingerprint density at radius 2 is 2.00 bits per heavy atom. The maximum absolute atomic E-state index is 13.4. The molecule has 240 valence electrons. The molecule has 1 fully saturated rings. The van der Waals surface area contributed by atoms with Crippen molar-refractivity contribution in [3.8, 4) is 11.5 Å². The number of carboxylic acids is 2. The van der Waals surface area contributed by atoms with Crippen LogP contribution in [0.1, 0.15) is 17.4 Å². The van der Waals surface area contributed by atoms with Crippen molar-refractivity contribution in [2.24, 2.45) is 15.9 Å². The lowest BCUT2D eigenvalue weighted by Gasteiger charge is -2.49. The maximum atomic E-state index is 13.4. The van der Waals surface area contributed by atoms with E-state index in [0.717, 1.165) is 28.4 Å². The first-order chi connectivity index (χ1) is 21.9. The molecule has 1 aromatic carbocycles. The Morgan fingerprint density at radius 3 is 2.63 bits per heavy atom. The van der Waals surface area contributed by atoms with E-state index in [0.29, 0.717) is 24.5 Å². The number of carboxylic acid groups (broad SMARTS) is 2. The summed E-state index contributed by atoms with van der Waals surface area (Å²) in [5, 5.41) is 45.9. The van der Waals surface area contributed by atoms with Crippen molar-refractivity contribution in [1.29, 1.82) is 0 Å². The predicted molar refractivity (Wildman–Crippen MR) is 165 cm³/mol. The van der Waals surface area contributed by atoms with E-state index in [4.69, 9.17) is 16.3 Å². The minimum Gasteiger partial charge on any atom is -0.504 e. The molecule has 2 aromatic rings. The van der Waals surface area contributed by atoms with Crippen molar-refractivity contribution in [2.45, 2.75) is 17.5 Å². The van der Waals surface area contributed by atoms with Crippen LogP contribution < -0.4 is 16.8 Å². The Kier molecular flexibility index (Phi) is 9.14. The third-order valence-electron chi connectivity index (χ3n) is 6.81. The van der Waals surface area contributed by atoms with Crippen molar-refractivity contribution in [1.82, 2.24) is 20.1 Å². The zero-order valence-corrected chi connectivity index (χ0v) is 25.1. The molecule has 0 spiro atoms. The number of β-lactam (4-membered cyclic amide) rings is 1. The number of hydrogen-bond donors (Lipinski definition) is 7. The number of benzene rings is 1. The standard InChI is InChI=1S/C27H26N8O9S2/c28-17-5-7-34(11-30-17)6-1-2-13-9-45-24-19(23(39)35(24)20(13)25(40)41)32-22(38)18(14-10-46-27(29)31-14)33-44-21(26(42)43)12-3-4-15(36)16(37)8-12/h1-5,8,10-11,19,21,24,36-37H,6-7,9,28H2,(H2,29,31)(H,32,38)(H,40,41)(H,42,43)/b2-1+,33-18-/t19?,21?,24-/m0/s1. The van der Waals surface area contributed by atoms with Gasteiger partial charge in [0.2, 0.25) is 6.10 Å². The number of phenols is 2. The van der Waals surface area contributed by atoms with Crippen LogP contribution in [0, 0.1) is 0 Å². The highest BCUT2D eigenvalue weighted by atomic mass is 32.2. The van der Waals surface area contributed by atoms with Gasteiger partial charge in [-0.2, -0.15) is 0 Å². The number of aromatic hydroxyl groups is 2. The summed E-state index contributed by atoms with van der Waals surface area (Å²) >= 11 is 2.21. The molecular weight excluding hydrogens is 644 g/mol. The molecule has 0 saturated carbocycles. The number of phenolic OH excluding ortho intramolecular Hbond substituents is 2. The number of fused-ring (bicyclic) bond motifs is 1. The first-order valence-electron chi connectivity index (χ1n) is 13.3. The van der Waals surface area contributed by atoms with Gasteiger partial charge in [0.25, 0.3) is 11.8 Å². The fourth-order valence-electron chi connectivity index (χ4n) is 4.55. The normalized spacial score (nSPS) is 20.2. The number of rotatable bonds is 11. The van der Waals surface area contributed by atoms with Crippen LogP contribution in [0.5, 0.6) is 11.5 Å². The highest BCUT2D eigenvalue weighted by Gasteiger charge is 2.54. The van der Waals surface area contributed by atoms with Gasteiger partial charge in [-0.1, -0.05) is 23.4 Å². The van der Waals surface area contributed by atoms with Gasteiger partial charge in [-0.3, -0.25) is 14.5 Å². The fraction of sp³-hybridized carbons (Fsp3) is 0.222. The molecule has 9 N–H and O–H groups in total. The third kappa shape index (κ3) is 6.59. The van der Waals surface area contributed by atoms with Gasteiger partial charge in [0.15, 0.2) is 22.3 Å². The smallest absolute Gasteiger partial charge is 0.352 e. The van der Waals surface area contributed by atoms with Crippen LogP contribution in [-0.4, -0.2) is 101 Å². The number of nitrogens with two attached hydrogens (primary N) is 2. The van der Waals surface area contributed by atoms with Crippen LogP contribution in [0.3, 0.4) is 0 Å². The Balaban J connectivity index is 1.33. The molecule has 3 atom stereocenters. The number of thiazole rings is 1. The summed E-state index contributed by atoms with van der Waals surface area (Å²) in [7, 11) is 0. The van der Waals surface area contributed by atoms with Crippen molar-refractivity contribution < 1.29 is 44.4 Å². The molecule has 0 aliphatic carbocycles. The summed E-state index contributed by atoms with van der Waals surface area (Å²) < 4.78 is 0. The fourth-order valence-corrected chi connectivity index (χ4v) is 6.42. The van der Waals surface area contributed by atoms with Crippen molar-refractivity contribution >= 4 is 64.0 Å². The topological polar surface area (TPSA) is 267 Å². The van der Waals surface area contributed by atoms with Crippen LogP contribution in [0.15, 0.2) is 69.0 Å². The second-order valence-corrected chi connectivity index (χ2v) is 11.8. The van der Waals surface area contributed by atoms with E-state index >= 15 is 0 Å². The number of amides is 2. The average Bonchev–Trinajstić information content (AvgIpc) is 3.45. The molecule has 4 heterocycles. The van der Waals surface area contributed by atoms with Crippen LogP contribution in [0.2, 0.25) is 0 Å². The molecule has 46 heavy (non-hydrogen) atoms. The van der Waals surface area contributed by atoms with Gasteiger partial charge >= 0.3 is 11.9 Å². The number of allylic oxidation sites excluding steroid dienone is 1. The molecule has 3 aliphatic rings. The Labute approximate surface area is 267 Å². The molecule has 1 saturated heterocycles. The SMILES string of the molecule is NC1=CCN(C/C=C/C2=C(C(=O)O)N3C(=O)C(NC(=O)/C(=N\OC(C(=O)O)c4ccc(O)c(O)c4)c4csc(N)n4)[C@@H]3SC2)C=N1. The van der Waals surface area contributed by atoms with Gasteiger partial charge in [0.1, 0.15) is 28.6 Å². The minimum atomic E-state index is -1.81. The molecule has 1 aromatic heterocycles. The number of oxime groups is 1. The van der Waals surface area contributed by atoms with E-state index in [1.54, 1.807) is 24.6 Å². The van der Waals surface area contributed by atoms with Crippen molar-refractivity contribution in [3.05, 3.63) is 70.2 Å². The molecular formula is C27H26N8O9S2. The van der Waals surface area contributed by atoms with Crippen molar-refractivity contribution in [2.75, 3.05) is 24.6 Å². The zero-order valence-electron chi connectivity index (χ0n) is 23.5. The third-order valence-corrected chi connectivity index (χ3v) is 8.78. The van der Waals surface area contributed by atoms with E-state index in [1.165, 1.54) is 23.2 Å². The van der Waals surface area contributed by atoms with E-state index < -0.39 is 58.5 Å². The first-order valence-corrected chi connectivity index (χ1v) is 15.2. The van der Waals surface area contributed by atoms with Gasteiger partial charge in [-0.25, -0.2) is 19.6 Å². The maximum Gasteiger partial charge on any atom is 0.352 e. The van der Waals surface area contributed by atoms with Gasteiger partial charge in [0, 0.05) is 29.8 Å². The summed E-state index contributed by atoms with van der Waals surface area (Å²) in [5.41, 5.74) is 10.8. The lowest BCUT2D eigenvalue weighted by molar-refractivity contribution is -0.151. The largest absolute Gasteiger partial charge is 0.504 e. The number of thioether (sulfide) groups is 1. The number of hydrogen-bond acceptors (Lipinski definition) is 15. The summed E-state index contributed by atoms with van der Waals surface area (Å²) in [4.78, 5) is 66.9.